The van der Waals surface area contributed by atoms with Crippen LogP contribution in [0.25, 0.3) is 0 Å². The van der Waals surface area contributed by atoms with Gasteiger partial charge >= 0.3 is 0 Å². The Hall–Kier alpha value is -1.17. The lowest BCUT2D eigenvalue weighted by Crippen LogP contribution is -2.60. The summed E-state index contributed by atoms with van der Waals surface area (Å²) in [5.74, 6) is -0.153. The molecule has 0 spiro atoms. The smallest absolute Gasteiger partial charge is 0.146 e. The number of piperazine rings is 1. The Bertz CT molecular complexity index is 435. The van der Waals surface area contributed by atoms with Gasteiger partial charge in [-0.1, -0.05) is 12.1 Å². The van der Waals surface area contributed by atoms with Gasteiger partial charge in [0.05, 0.1) is 17.8 Å². The average molecular weight is 281 g/mol. The van der Waals surface area contributed by atoms with Crippen molar-refractivity contribution in [2.75, 3.05) is 51.3 Å². The van der Waals surface area contributed by atoms with Crippen LogP contribution in [0.5, 0.6) is 0 Å². The maximum Gasteiger partial charge on any atom is 0.146 e. The van der Waals surface area contributed by atoms with Crippen molar-refractivity contribution in [3.8, 4) is 0 Å². The lowest BCUT2D eigenvalue weighted by atomic mass is 10.00. The largest absolute Gasteiger partial charge is 0.383 e. The van der Waals surface area contributed by atoms with E-state index < -0.39 is 0 Å². The summed E-state index contributed by atoms with van der Waals surface area (Å²) in [6, 6.07) is 6.94. The molecule has 0 aromatic heterocycles. The lowest BCUT2D eigenvalue weighted by molar-refractivity contribution is 0.0235. The highest BCUT2D eigenvalue weighted by atomic mass is 19.1. The minimum absolute atomic E-state index is 0.143. The zero-order chi connectivity index (χ0) is 14.6. The van der Waals surface area contributed by atoms with Crippen molar-refractivity contribution in [2.24, 2.45) is 5.73 Å². The molecule has 112 valence electrons. The molecule has 0 bridgehead atoms. The van der Waals surface area contributed by atoms with Crippen molar-refractivity contribution in [3.05, 3.63) is 30.1 Å². The van der Waals surface area contributed by atoms with Crippen molar-refractivity contribution in [2.45, 2.75) is 12.5 Å². The van der Waals surface area contributed by atoms with E-state index in [9.17, 15) is 4.39 Å². The monoisotopic (exact) mass is 281 g/mol. The van der Waals surface area contributed by atoms with E-state index in [1.807, 2.05) is 12.1 Å². The number of anilines is 1. The van der Waals surface area contributed by atoms with Crippen LogP contribution in [0.15, 0.2) is 24.3 Å². The standard InChI is InChI=1S/C15H24FN3O/c1-15(11-17,12-20-2)19-9-7-18(8-10-19)14-6-4-3-5-13(14)16/h3-6H,7-12,17H2,1-2H3. The topological polar surface area (TPSA) is 41.7 Å². The molecule has 1 saturated heterocycles. The molecule has 0 aliphatic carbocycles. The quantitative estimate of drug-likeness (QED) is 0.883. The van der Waals surface area contributed by atoms with Crippen LogP contribution in [0.1, 0.15) is 6.92 Å². The van der Waals surface area contributed by atoms with Gasteiger partial charge in [0.25, 0.3) is 0 Å². The van der Waals surface area contributed by atoms with Crippen molar-refractivity contribution >= 4 is 5.69 Å². The fourth-order valence-electron chi connectivity index (χ4n) is 2.79. The second-order valence-corrected chi connectivity index (χ2v) is 5.56. The number of ether oxygens (including phenoxy) is 1. The van der Waals surface area contributed by atoms with Gasteiger partial charge in [0, 0.05) is 39.8 Å². The molecule has 5 heteroatoms. The second kappa shape index (κ2) is 6.52. The van der Waals surface area contributed by atoms with Crippen LogP contribution in [0, 0.1) is 5.82 Å². The molecule has 2 N–H and O–H groups in total. The van der Waals surface area contributed by atoms with Gasteiger partial charge in [0.15, 0.2) is 0 Å². The molecular weight excluding hydrogens is 257 g/mol. The van der Waals surface area contributed by atoms with Gasteiger partial charge in [0.2, 0.25) is 0 Å². The fourth-order valence-corrected chi connectivity index (χ4v) is 2.79. The van der Waals surface area contributed by atoms with Gasteiger partial charge in [-0.05, 0) is 19.1 Å². The van der Waals surface area contributed by atoms with Crippen LogP contribution in [0.2, 0.25) is 0 Å². The number of rotatable bonds is 5. The first-order valence-electron chi connectivity index (χ1n) is 7.04. The summed E-state index contributed by atoms with van der Waals surface area (Å²) in [7, 11) is 1.70. The summed E-state index contributed by atoms with van der Waals surface area (Å²) in [4.78, 5) is 4.43. The molecule has 0 saturated carbocycles. The molecule has 2 rings (SSSR count). The van der Waals surface area contributed by atoms with Crippen LogP contribution >= 0.6 is 0 Å². The minimum Gasteiger partial charge on any atom is -0.383 e. The molecule has 1 aliphatic rings. The predicted octanol–water partition coefficient (Wildman–Crippen LogP) is 1.31. The number of para-hydroxylation sites is 1. The highest BCUT2D eigenvalue weighted by molar-refractivity contribution is 5.48. The van der Waals surface area contributed by atoms with Gasteiger partial charge in [-0.2, -0.15) is 0 Å². The van der Waals surface area contributed by atoms with E-state index in [1.54, 1.807) is 13.2 Å². The summed E-state index contributed by atoms with van der Waals surface area (Å²) in [6.45, 7) is 6.64. The summed E-state index contributed by atoms with van der Waals surface area (Å²) in [6.07, 6.45) is 0. The molecule has 1 aromatic rings. The van der Waals surface area contributed by atoms with E-state index in [4.69, 9.17) is 10.5 Å². The molecule has 1 heterocycles. The van der Waals surface area contributed by atoms with Crippen LogP contribution < -0.4 is 10.6 Å². The Morgan fingerprint density at radius 3 is 2.45 bits per heavy atom. The van der Waals surface area contributed by atoms with Crippen LogP contribution in [-0.2, 0) is 4.74 Å². The van der Waals surface area contributed by atoms with E-state index in [1.165, 1.54) is 6.07 Å². The number of benzene rings is 1. The van der Waals surface area contributed by atoms with E-state index in [0.717, 1.165) is 26.2 Å². The van der Waals surface area contributed by atoms with Crippen LogP contribution in [0.3, 0.4) is 0 Å². The first-order chi connectivity index (χ1) is 9.60. The van der Waals surface area contributed by atoms with Gasteiger partial charge < -0.3 is 15.4 Å². The Kier molecular flexibility index (Phi) is 4.96. The summed E-state index contributed by atoms with van der Waals surface area (Å²) in [5.41, 5.74) is 6.44. The normalized spacial score (nSPS) is 19.9. The number of nitrogens with two attached hydrogens (primary N) is 1. The fraction of sp³-hybridized carbons (Fsp3) is 0.600. The molecular formula is C15H24FN3O. The van der Waals surface area contributed by atoms with E-state index in [2.05, 4.69) is 16.7 Å². The first kappa shape index (κ1) is 15.2. The Balaban J connectivity index is 2.00. The molecule has 1 aromatic carbocycles. The highest BCUT2D eigenvalue weighted by Crippen LogP contribution is 2.23. The lowest BCUT2D eigenvalue weighted by Gasteiger charge is -2.45. The van der Waals surface area contributed by atoms with Gasteiger partial charge in [-0.25, -0.2) is 4.39 Å². The zero-order valence-electron chi connectivity index (χ0n) is 12.3. The molecule has 0 amide bonds. The minimum atomic E-state index is -0.153. The SMILES string of the molecule is COCC(C)(CN)N1CCN(c2ccccc2F)CC1. The zero-order valence-corrected chi connectivity index (χ0v) is 12.3. The average Bonchev–Trinajstić information content (AvgIpc) is 2.48. The van der Waals surface area contributed by atoms with Crippen LogP contribution in [-0.4, -0.2) is 56.9 Å². The van der Waals surface area contributed by atoms with Crippen molar-refractivity contribution in [3.63, 3.8) is 0 Å². The van der Waals surface area contributed by atoms with Gasteiger partial charge in [-0.3, -0.25) is 4.90 Å². The summed E-state index contributed by atoms with van der Waals surface area (Å²) < 4.78 is 19.1. The third-order valence-electron chi connectivity index (χ3n) is 4.13. The van der Waals surface area contributed by atoms with E-state index in [0.29, 0.717) is 18.8 Å². The maximum absolute atomic E-state index is 13.8. The first-order valence-corrected chi connectivity index (χ1v) is 7.04. The van der Waals surface area contributed by atoms with Crippen LogP contribution in [0.4, 0.5) is 10.1 Å². The van der Waals surface area contributed by atoms with Gasteiger partial charge in [0.1, 0.15) is 5.82 Å². The molecule has 20 heavy (non-hydrogen) atoms. The summed E-state index contributed by atoms with van der Waals surface area (Å²) in [5, 5.41) is 0. The van der Waals surface area contributed by atoms with Crippen molar-refractivity contribution < 1.29 is 9.13 Å². The Morgan fingerprint density at radius 1 is 1.25 bits per heavy atom. The van der Waals surface area contributed by atoms with Crippen molar-refractivity contribution in [1.29, 1.82) is 0 Å². The predicted molar refractivity (Wildman–Crippen MR) is 79.5 cm³/mol. The Morgan fingerprint density at radius 2 is 1.90 bits per heavy atom. The highest BCUT2D eigenvalue weighted by Gasteiger charge is 2.33. The third-order valence-corrected chi connectivity index (χ3v) is 4.13. The maximum atomic E-state index is 13.8. The molecule has 1 aliphatic heterocycles. The molecule has 1 fully saturated rings. The van der Waals surface area contributed by atoms with Gasteiger partial charge in [-0.15, -0.1) is 0 Å². The second-order valence-electron chi connectivity index (χ2n) is 5.56. The third kappa shape index (κ3) is 3.11. The molecule has 1 atom stereocenters. The Labute approximate surface area is 120 Å². The number of methoxy groups -OCH3 is 1. The van der Waals surface area contributed by atoms with E-state index >= 15 is 0 Å². The molecule has 1 unspecified atom stereocenters. The number of hydrogen-bond donors (Lipinski definition) is 1. The number of hydrogen-bond acceptors (Lipinski definition) is 4. The van der Waals surface area contributed by atoms with Crippen molar-refractivity contribution in [1.82, 2.24) is 4.90 Å². The number of nitrogens with zero attached hydrogens (tertiary/aromatic N) is 2. The number of halogens is 1. The van der Waals surface area contributed by atoms with E-state index in [-0.39, 0.29) is 11.4 Å². The molecule has 4 nitrogen and oxygen atoms in total. The summed E-state index contributed by atoms with van der Waals surface area (Å²) >= 11 is 0. The molecule has 0 radical (unpaired) electrons.